The second-order valence-corrected chi connectivity index (χ2v) is 6.70. The number of benzene rings is 2. The highest BCUT2D eigenvalue weighted by molar-refractivity contribution is 5.38. The summed E-state index contributed by atoms with van der Waals surface area (Å²) in [5, 5.41) is 0. The van der Waals surface area contributed by atoms with Crippen LogP contribution in [0.4, 0.5) is 0 Å². The average Bonchev–Trinajstić information content (AvgIpc) is 2.48. The minimum atomic E-state index is 0.554. The van der Waals surface area contributed by atoms with Crippen LogP contribution in [0.25, 0.3) is 0 Å². The van der Waals surface area contributed by atoms with Crippen LogP contribution >= 0.6 is 0 Å². The van der Waals surface area contributed by atoms with E-state index in [0.717, 1.165) is 26.1 Å². The van der Waals surface area contributed by atoms with Crippen molar-refractivity contribution in [2.75, 3.05) is 20.6 Å². The number of nitrogens with zero attached hydrogens (tertiary/aromatic N) is 2. The maximum atomic E-state index is 2.58. The van der Waals surface area contributed by atoms with Crippen LogP contribution in [-0.2, 0) is 19.5 Å². The Balaban J connectivity index is 1.94. The molecule has 0 bridgehead atoms. The van der Waals surface area contributed by atoms with Crippen molar-refractivity contribution in [1.29, 1.82) is 0 Å². The molecule has 1 aliphatic heterocycles. The average molecular weight is 294 g/mol. The molecule has 0 saturated heterocycles. The van der Waals surface area contributed by atoms with E-state index in [1.165, 1.54) is 22.3 Å². The van der Waals surface area contributed by atoms with Crippen molar-refractivity contribution in [1.82, 2.24) is 9.80 Å². The van der Waals surface area contributed by atoms with E-state index in [-0.39, 0.29) is 0 Å². The van der Waals surface area contributed by atoms with Gasteiger partial charge in [-0.3, -0.25) is 4.90 Å². The van der Waals surface area contributed by atoms with E-state index in [0.29, 0.717) is 6.04 Å². The van der Waals surface area contributed by atoms with Crippen LogP contribution in [0.2, 0.25) is 0 Å². The summed E-state index contributed by atoms with van der Waals surface area (Å²) in [5.74, 6) is 0. The lowest BCUT2D eigenvalue weighted by Crippen LogP contribution is -2.38. The summed E-state index contributed by atoms with van der Waals surface area (Å²) in [7, 11) is 4.33. The second kappa shape index (κ2) is 6.64. The monoisotopic (exact) mass is 294 g/mol. The lowest BCUT2D eigenvalue weighted by Gasteiger charge is -2.32. The molecule has 2 nitrogen and oxygen atoms in total. The molecule has 0 spiro atoms. The number of hydrogen-bond acceptors (Lipinski definition) is 2. The third kappa shape index (κ3) is 3.40. The summed E-state index contributed by atoms with van der Waals surface area (Å²) >= 11 is 0. The standard InChI is InChI=1S/C20H26N2/c1-16(21(2)3)13-22-14-19-10-6-4-8-17(19)12-18-9-5-7-11-20(18)15-22/h4-11,16H,12-15H2,1-3H3/t16-/m1/s1. The van der Waals surface area contributed by atoms with Crippen molar-refractivity contribution in [3.63, 3.8) is 0 Å². The van der Waals surface area contributed by atoms with Gasteiger partial charge in [-0.15, -0.1) is 0 Å². The van der Waals surface area contributed by atoms with Gasteiger partial charge >= 0.3 is 0 Å². The molecular weight excluding hydrogens is 268 g/mol. The van der Waals surface area contributed by atoms with Crippen LogP contribution in [0.1, 0.15) is 29.2 Å². The van der Waals surface area contributed by atoms with Gasteiger partial charge in [0.2, 0.25) is 0 Å². The van der Waals surface area contributed by atoms with Crippen molar-refractivity contribution in [3.8, 4) is 0 Å². The quantitative estimate of drug-likeness (QED) is 0.854. The zero-order valence-corrected chi connectivity index (χ0v) is 13.9. The zero-order chi connectivity index (χ0) is 15.5. The molecule has 0 amide bonds. The molecule has 22 heavy (non-hydrogen) atoms. The Kier molecular flexibility index (Phi) is 4.60. The van der Waals surface area contributed by atoms with Crippen molar-refractivity contribution < 1.29 is 0 Å². The van der Waals surface area contributed by atoms with E-state index in [9.17, 15) is 0 Å². The molecule has 0 radical (unpaired) electrons. The second-order valence-electron chi connectivity index (χ2n) is 6.70. The van der Waals surface area contributed by atoms with E-state index in [2.05, 4.69) is 79.3 Å². The predicted octanol–water partition coefficient (Wildman–Crippen LogP) is 3.54. The molecular formula is C20H26N2. The van der Waals surface area contributed by atoms with Crippen molar-refractivity contribution in [3.05, 3.63) is 70.8 Å². The summed E-state index contributed by atoms with van der Waals surface area (Å²) in [5.41, 5.74) is 5.89. The fourth-order valence-corrected chi connectivity index (χ4v) is 3.18. The Morgan fingerprint density at radius 3 is 1.77 bits per heavy atom. The summed E-state index contributed by atoms with van der Waals surface area (Å²) < 4.78 is 0. The molecule has 1 atom stereocenters. The summed E-state index contributed by atoms with van der Waals surface area (Å²) in [6.45, 7) is 5.48. The van der Waals surface area contributed by atoms with Gasteiger partial charge < -0.3 is 4.90 Å². The van der Waals surface area contributed by atoms with Crippen LogP contribution in [0.15, 0.2) is 48.5 Å². The van der Waals surface area contributed by atoms with Crippen molar-refractivity contribution in [2.24, 2.45) is 0 Å². The zero-order valence-electron chi connectivity index (χ0n) is 13.9. The van der Waals surface area contributed by atoms with Gasteiger partial charge in [-0.25, -0.2) is 0 Å². The molecule has 0 N–H and O–H groups in total. The maximum absolute atomic E-state index is 2.58. The fourth-order valence-electron chi connectivity index (χ4n) is 3.18. The molecule has 3 rings (SSSR count). The molecule has 1 heterocycles. The summed E-state index contributed by atoms with van der Waals surface area (Å²) in [6.07, 6.45) is 1.06. The Bertz CT molecular complexity index is 586. The molecule has 0 aliphatic carbocycles. The third-order valence-electron chi connectivity index (χ3n) is 4.81. The van der Waals surface area contributed by atoms with Gasteiger partial charge in [-0.1, -0.05) is 48.5 Å². The number of rotatable bonds is 3. The van der Waals surface area contributed by atoms with Gasteiger partial charge in [0, 0.05) is 25.7 Å². The first-order chi connectivity index (χ1) is 10.6. The molecule has 0 unspecified atom stereocenters. The van der Waals surface area contributed by atoms with Gasteiger partial charge in [0.05, 0.1) is 0 Å². The molecule has 1 aliphatic rings. The third-order valence-corrected chi connectivity index (χ3v) is 4.81. The SMILES string of the molecule is C[C@H](CN1Cc2ccccc2Cc2ccccc2C1)N(C)C. The Morgan fingerprint density at radius 2 is 1.32 bits per heavy atom. The largest absolute Gasteiger partial charge is 0.305 e. The maximum Gasteiger partial charge on any atom is 0.0240 e. The highest BCUT2D eigenvalue weighted by Crippen LogP contribution is 2.24. The van der Waals surface area contributed by atoms with E-state index in [1.807, 2.05) is 0 Å². The topological polar surface area (TPSA) is 6.48 Å². The lowest BCUT2D eigenvalue weighted by molar-refractivity contribution is 0.179. The van der Waals surface area contributed by atoms with Crippen LogP contribution in [0.5, 0.6) is 0 Å². The van der Waals surface area contributed by atoms with Crippen LogP contribution in [-0.4, -0.2) is 36.5 Å². The lowest BCUT2D eigenvalue weighted by atomic mass is 9.93. The highest BCUT2D eigenvalue weighted by atomic mass is 15.2. The van der Waals surface area contributed by atoms with Gasteiger partial charge in [0.25, 0.3) is 0 Å². The van der Waals surface area contributed by atoms with Crippen LogP contribution in [0.3, 0.4) is 0 Å². The molecule has 2 heteroatoms. The summed E-state index contributed by atoms with van der Waals surface area (Å²) in [4.78, 5) is 4.89. The highest BCUT2D eigenvalue weighted by Gasteiger charge is 2.18. The minimum absolute atomic E-state index is 0.554. The number of fused-ring (bicyclic) bond motifs is 2. The first-order valence-corrected chi connectivity index (χ1v) is 8.16. The van der Waals surface area contributed by atoms with Gasteiger partial charge in [0.15, 0.2) is 0 Å². The Hall–Kier alpha value is -1.64. The number of hydrogen-bond donors (Lipinski definition) is 0. The van der Waals surface area contributed by atoms with Crippen molar-refractivity contribution >= 4 is 0 Å². The van der Waals surface area contributed by atoms with E-state index >= 15 is 0 Å². The normalized spacial score (nSPS) is 16.5. The Labute approximate surface area is 134 Å². The molecule has 2 aromatic carbocycles. The van der Waals surface area contributed by atoms with E-state index in [1.54, 1.807) is 0 Å². The molecule has 116 valence electrons. The van der Waals surface area contributed by atoms with Gasteiger partial charge in [-0.05, 0) is 49.7 Å². The van der Waals surface area contributed by atoms with Gasteiger partial charge in [0.1, 0.15) is 0 Å². The van der Waals surface area contributed by atoms with Crippen LogP contribution < -0.4 is 0 Å². The number of likely N-dealkylation sites (N-methyl/N-ethyl adjacent to an activating group) is 1. The molecule has 0 fully saturated rings. The predicted molar refractivity (Wildman–Crippen MR) is 93.0 cm³/mol. The first-order valence-electron chi connectivity index (χ1n) is 8.16. The minimum Gasteiger partial charge on any atom is -0.305 e. The van der Waals surface area contributed by atoms with E-state index < -0.39 is 0 Å². The summed E-state index contributed by atoms with van der Waals surface area (Å²) in [6, 6.07) is 18.4. The fraction of sp³-hybridized carbons (Fsp3) is 0.400. The smallest absolute Gasteiger partial charge is 0.0240 e. The molecule has 0 aromatic heterocycles. The van der Waals surface area contributed by atoms with Gasteiger partial charge in [-0.2, -0.15) is 0 Å². The van der Waals surface area contributed by atoms with E-state index in [4.69, 9.17) is 0 Å². The Morgan fingerprint density at radius 1 is 0.864 bits per heavy atom. The first kappa shape index (κ1) is 15.3. The van der Waals surface area contributed by atoms with Crippen LogP contribution in [0, 0.1) is 0 Å². The van der Waals surface area contributed by atoms with Crippen molar-refractivity contribution in [2.45, 2.75) is 32.5 Å². The molecule has 0 saturated carbocycles. The molecule has 2 aromatic rings.